The average molecular weight is 270 g/mol. The van der Waals surface area contributed by atoms with E-state index in [0.29, 0.717) is 12.1 Å². The van der Waals surface area contributed by atoms with Crippen LogP contribution in [0.3, 0.4) is 0 Å². The van der Waals surface area contributed by atoms with Gasteiger partial charge in [-0.1, -0.05) is 12.1 Å². The molecule has 3 rings (SSSR count). The molecule has 0 saturated carbocycles. The first-order valence-corrected chi connectivity index (χ1v) is 6.07. The second kappa shape index (κ2) is 5.13. The molecule has 0 aliphatic carbocycles. The molecule has 0 spiro atoms. The number of aromatic amines is 1. The molecule has 100 valence electrons. The number of para-hydroxylation sites is 2. The largest absolute Gasteiger partial charge is 0.483 e. The van der Waals surface area contributed by atoms with Crippen molar-refractivity contribution in [3.05, 3.63) is 59.7 Å². The Morgan fingerprint density at radius 1 is 1.25 bits per heavy atom. The van der Waals surface area contributed by atoms with Crippen LogP contribution in [0.1, 0.15) is 16.2 Å². The Labute approximate surface area is 114 Å². The molecule has 0 fully saturated rings. The molecular weight excluding hydrogens is 259 g/mol. The number of ether oxygens (including phenoxy) is 1. The molecule has 0 amide bonds. The molecule has 3 aromatic rings. The predicted molar refractivity (Wildman–Crippen MR) is 72.2 cm³/mol. The Bertz CT molecular complexity index is 734. The fourth-order valence-electron chi connectivity index (χ4n) is 1.93. The van der Waals surface area contributed by atoms with Crippen molar-refractivity contribution in [3.63, 3.8) is 0 Å². The molecule has 0 atom stereocenters. The highest BCUT2D eigenvalue weighted by Crippen LogP contribution is 2.19. The lowest BCUT2D eigenvalue weighted by molar-refractivity contribution is 0.112. The Morgan fingerprint density at radius 3 is 2.85 bits per heavy atom. The smallest absolute Gasteiger partial charge is 0.165 e. The van der Waals surface area contributed by atoms with Gasteiger partial charge in [0.25, 0.3) is 0 Å². The standard InChI is InChI=1S/C15H11FN2O2/c16-11-7-10(8-19)5-6-14(11)20-9-15-17-12-3-1-2-4-13(12)18-15/h1-8H,9H2,(H,17,18). The molecule has 0 bridgehead atoms. The van der Waals surface area contributed by atoms with E-state index < -0.39 is 5.82 Å². The van der Waals surface area contributed by atoms with Crippen molar-refractivity contribution >= 4 is 17.3 Å². The Hall–Kier alpha value is -2.69. The van der Waals surface area contributed by atoms with Gasteiger partial charge in [0.2, 0.25) is 0 Å². The van der Waals surface area contributed by atoms with E-state index in [9.17, 15) is 9.18 Å². The van der Waals surface area contributed by atoms with Gasteiger partial charge in [-0.2, -0.15) is 0 Å². The van der Waals surface area contributed by atoms with E-state index in [4.69, 9.17) is 4.74 Å². The van der Waals surface area contributed by atoms with Crippen molar-refractivity contribution in [2.24, 2.45) is 0 Å². The highest BCUT2D eigenvalue weighted by atomic mass is 19.1. The summed E-state index contributed by atoms with van der Waals surface area (Å²) >= 11 is 0. The third-order valence-electron chi connectivity index (χ3n) is 2.89. The van der Waals surface area contributed by atoms with Crippen LogP contribution in [0.15, 0.2) is 42.5 Å². The minimum absolute atomic E-state index is 0.0936. The number of carbonyl (C=O) groups excluding carboxylic acids is 1. The first kappa shape index (κ1) is 12.3. The van der Waals surface area contributed by atoms with Crippen LogP contribution < -0.4 is 4.74 Å². The normalized spacial score (nSPS) is 10.7. The van der Waals surface area contributed by atoms with E-state index in [1.54, 1.807) is 0 Å². The number of benzene rings is 2. The molecule has 0 saturated heterocycles. The second-order valence-corrected chi connectivity index (χ2v) is 4.30. The van der Waals surface area contributed by atoms with Crippen LogP contribution >= 0.6 is 0 Å². The summed E-state index contributed by atoms with van der Waals surface area (Å²) in [7, 11) is 0. The molecule has 1 heterocycles. The topological polar surface area (TPSA) is 55.0 Å². The van der Waals surface area contributed by atoms with Gasteiger partial charge < -0.3 is 9.72 Å². The quantitative estimate of drug-likeness (QED) is 0.741. The molecule has 4 nitrogen and oxygen atoms in total. The highest BCUT2D eigenvalue weighted by molar-refractivity contribution is 5.75. The molecule has 0 aliphatic heterocycles. The van der Waals surface area contributed by atoms with Gasteiger partial charge in [0.1, 0.15) is 18.7 Å². The van der Waals surface area contributed by atoms with Crippen LogP contribution in [0.25, 0.3) is 11.0 Å². The lowest BCUT2D eigenvalue weighted by Gasteiger charge is -2.05. The number of imidazole rings is 1. The predicted octanol–water partition coefficient (Wildman–Crippen LogP) is 3.09. The Balaban J connectivity index is 1.77. The first-order valence-electron chi connectivity index (χ1n) is 6.07. The summed E-state index contributed by atoms with van der Waals surface area (Å²) in [4.78, 5) is 18.0. The van der Waals surface area contributed by atoms with Gasteiger partial charge in [-0.05, 0) is 30.3 Å². The van der Waals surface area contributed by atoms with Gasteiger partial charge in [0.05, 0.1) is 11.0 Å². The number of hydrogen-bond acceptors (Lipinski definition) is 3. The number of carbonyl (C=O) groups is 1. The molecule has 1 aromatic heterocycles. The summed E-state index contributed by atoms with van der Waals surface area (Å²) in [6, 6.07) is 11.7. The van der Waals surface area contributed by atoms with Crippen LogP contribution in [0.4, 0.5) is 4.39 Å². The van der Waals surface area contributed by atoms with Gasteiger partial charge in [-0.25, -0.2) is 9.37 Å². The maximum atomic E-state index is 13.6. The number of halogens is 1. The number of aldehydes is 1. The monoisotopic (exact) mass is 270 g/mol. The SMILES string of the molecule is O=Cc1ccc(OCc2nc3ccccc3[nH]2)c(F)c1. The van der Waals surface area contributed by atoms with E-state index in [-0.39, 0.29) is 17.9 Å². The zero-order chi connectivity index (χ0) is 13.9. The van der Waals surface area contributed by atoms with Gasteiger partial charge in [0.15, 0.2) is 11.6 Å². The zero-order valence-electron chi connectivity index (χ0n) is 10.5. The highest BCUT2D eigenvalue weighted by Gasteiger charge is 2.07. The molecule has 0 unspecified atom stereocenters. The number of nitrogens with zero attached hydrogens (tertiary/aromatic N) is 1. The lowest BCUT2D eigenvalue weighted by atomic mass is 10.2. The van der Waals surface area contributed by atoms with Gasteiger partial charge in [-0.3, -0.25) is 4.79 Å². The van der Waals surface area contributed by atoms with Gasteiger partial charge in [-0.15, -0.1) is 0 Å². The van der Waals surface area contributed by atoms with Crippen molar-refractivity contribution in [1.29, 1.82) is 0 Å². The van der Waals surface area contributed by atoms with Crippen molar-refractivity contribution in [2.45, 2.75) is 6.61 Å². The fourth-order valence-corrected chi connectivity index (χ4v) is 1.93. The van der Waals surface area contributed by atoms with Crippen molar-refractivity contribution in [2.75, 3.05) is 0 Å². The summed E-state index contributed by atoms with van der Waals surface area (Å²) in [6.45, 7) is 0.131. The third kappa shape index (κ3) is 2.38. The van der Waals surface area contributed by atoms with Crippen LogP contribution in [-0.2, 0) is 6.61 Å². The van der Waals surface area contributed by atoms with Gasteiger partial charge in [0, 0.05) is 5.56 Å². The van der Waals surface area contributed by atoms with Crippen molar-refractivity contribution < 1.29 is 13.9 Å². The number of nitrogens with one attached hydrogen (secondary N) is 1. The van der Waals surface area contributed by atoms with Crippen LogP contribution in [-0.4, -0.2) is 16.3 Å². The molecule has 5 heteroatoms. The second-order valence-electron chi connectivity index (χ2n) is 4.30. The number of rotatable bonds is 4. The summed E-state index contributed by atoms with van der Waals surface area (Å²) in [6.07, 6.45) is 0.589. The summed E-state index contributed by atoms with van der Waals surface area (Å²) < 4.78 is 19.0. The van der Waals surface area contributed by atoms with Crippen LogP contribution in [0.5, 0.6) is 5.75 Å². The van der Waals surface area contributed by atoms with Gasteiger partial charge >= 0.3 is 0 Å². The Morgan fingerprint density at radius 2 is 2.10 bits per heavy atom. The maximum Gasteiger partial charge on any atom is 0.165 e. The first-order chi connectivity index (χ1) is 9.76. The van der Waals surface area contributed by atoms with Crippen molar-refractivity contribution in [3.8, 4) is 5.75 Å². The van der Waals surface area contributed by atoms with Crippen LogP contribution in [0, 0.1) is 5.82 Å². The minimum Gasteiger partial charge on any atom is -0.483 e. The number of fused-ring (bicyclic) bond motifs is 1. The van der Waals surface area contributed by atoms with E-state index in [0.717, 1.165) is 17.1 Å². The molecule has 1 N–H and O–H groups in total. The minimum atomic E-state index is -0.564. The fraction of sp³-hybridized carbons (Fsp3) is 0.0667. The number of aromatic nitrogens is 2. The van der Waals surface area contributed by atoms with E-state index >= 15 is 0 Å². The molecular formula is C15H11FN2O2. The number of H-pyrrole nitrogens is 1. The van der Waals surface area contributed by atoms with E-state index in [1.807, 2.05) is 24.3 Å². The number of hydrogen-bond donors (Lipinski definition) is 1. The van der Waals surface area contributed by atoms with Crippen LogP contribution in [0.2, 0.25) is 0 Å². The van der Waals surface area contributed by atoms with Crippen molar-refractivity contribution in [1.82, 2.24) is 9.97 Å². The Kier molecular flexibility index (Phi) is 3.16. The third-order valence-corrected chi connectivity index (χ3v) is 2.89. The zero-order valence-corrected chi connectivity index (χ0v) is 10.5. The average Bonchev–Trinajstić information content (AvgIpc) is 2.88. The molecule has 2 aromatic carbocycles. The van der Waals surface area contributed by atoms with E-state index in [1.165, 1.54) is 12.1 Å². The summed E-state index contributed by atoms with van der Waals surface area (Å²) in [5.74, 6) is 0.145. The maximum absolute atomic E-state index is 13.6. The summed E-state index contributed by atoms with van der Waals surface area (Å²) in [5, 5.41) is 0. The molecule has 20 heavy (non-hydrogen) atoms. The summed E-state index contributed by atoms with van der Waals surface area (Å²) in [5.41, 5.74) is 2.02. The molecule has 0 aliphatic rings. The molecule has 0 radical (unpaired) electrons. The van der Waals surface area contributed by atoms with E-state index in [2.05, 4.69) is 9.97 Å². The lowest BCUT2D eigenvalue weighted by Crippen LogP contribution is -1.99.